The van der Waals surface area contributed by atoms with Crippen LogP contribution in [0, 0.1) is 6.92 Å². The van der Waals surface area contributed by atoms with E-state index in [4.69, 9.17) is 10.2 Å². The van der Waals surface area contributed by atoms with Gasteiger partial charge in [-0.2, -0.15) is 13.2 Å². The van der Waals surface area contributed by atoms with E-state index in [2.05, 4.69) is 10.2 Å². The maximum absolute atomic E-state index is 12.8. The van der Waals surface area contributed by atoms with Gasteiger partial charge in [-0.15, -0.1) is 10.2 Å². The maximum atomic E-state index is 12.8. The monoisotopic (exact) mass is 319 g/mol. The van der Waals surface area contributed by atoms with Crippen LogP contribution in [-0.2, 0) is 6.18 Å². The van der Waals surface area contributed by atoms with Crippen molar-refractivity contribution in [3.8, 4) is 22.9 Å². The lowest BCUT2D eigenvalue weighted by molar-refractivity contribution is -0.137. The summed E-state index contributed by atoms with van der Waals surface area (Å²) in [5.41, 5.74) is 7.36. The van der Waals surface area contributed by atoms with E-state index in [1.165, 1.54) is 12.1 Å². The normalized spacial score (nSPS) is 11.7. The highest BCUT2D eigenvalue weighted by Gasteiger charge is 2.30. The number of aryl methyl sites for hydroxylation is 1. The smallest absolute Gasteiger partial charge is 0.416 e. The minimum atomic E-state index is -4.43. The number of anilines is 1. The highest BCUT2D eigenvalue weighted by Crippen LogP contribution is 2.32. The van der Waals surface area contributed by atoms with Crippen molar-refractivity contribution in [2.45, 2.75) is 13.1 Å². The topological polar surface area (TPSA) is 64.9 Å². The number of hydrogen-bond donors (Lipinski definition) is 1. The van der Waals surface area contributed by atoms with Gasteiger partial charge in [0.25, 0.3) is 0 Å². The van der Waals surface area contributed by atoms with E-state index in [0.717, 1.165) is 17.7 Å². The van der Waals surface area contributed by atoms with Crippen molar-refractivity contribution in [2.24, 2.45) is 0 Å². The van der Waals surface area contributed by atoms with Crippen LogP contribution in [0.2, 0.25) is 0 Å². The second kappa shape index (κ2) is 5.42. The predicted octanol–water partition coefficient (Wildman–Crippen LogP) is 4.31. The average Bonchev–Trinajstić information content (AvgIpc) is 2.99. The third-order valence-corrected chi connectivity index (χ3v) is 3.39. The zero-order valence-corrected chi connectivity index (χ0v) is 12.1. The highest BCUT2D eigenvalue weighted by atomic mass is 19.4. The van der Waals surface area contributed by atoms with Gasteiger partial charge in [-0.05, 0) is 42.8 Å². The van der Waals surface area contributed by atoms with E-state index in [1.807, 2.05) is 6.92 Å². The van der Waals surface area contributed by atoms with Crippen molar-refractivity contribution in [1.82, 2.24) is 10.2 Å². The quantitative estimate of drug-likeness (QED) is 0.715. The third-order valence-electron chi connectivity index (χ3n) is 3.39. The van der Waals surface area contributed by atoms with Crippen LogP contribution in [0.3, 0.4) is 0 Å². The number of alkyl halides is 3. The molecule has 0 radical (unpaired) electrons. The van der Waals surface area contributed by atoms with Crippen LogP contribution < -0.4 is 5.73 Å². The standard InChI is InChI=1S/C16H12F3N3O/c1-9-5-6-11(8-13(9)20)15-22-21-14(23-15)10-3-2-4-12(7-10)16(17,18)19/h2-8H,20H2,1H3. The first-order valence-electron chi connectivity index (χ1n) is 6.72. The molecule has 0 aliphatic rings. The maximum Gasteiger partial charge on any atom is 0.416 e. The zero-order valence-electron chi connectivity index (χ0n) is 12.1. The van der Waals surface area contributed by atoms with E-state index < -0.39 is 11.7 Å². The third kappa shape index (κ3) is 3.03. The van der Waals surface area contributed by atoms with Gasteiger partial charge in [0.1, 0.15) is 0 Å². The summed E-state index contributed by atoms with van der Waals surface area (Å²) in [6.07, 6.45) is -4.43. The molecule has 0 aliphatic heterocycles. The molecule has 0 atom stereocenters. The second-order valence-electron chi connectivity index (χ2n) is 5.06. The Morgan fingerprint density at radius 3 is 2.22 bits per heavy atom. The van der Waals surface area contributed by atoms with Crippen molar-refractivity contribution in [2.75, 3.05) is 5.73 Å². The Kier molecular flexibility index (Phi) is 3.55. The number of benzene rings is 2. The summed E-state index contributed by atoms with van der Waals surface area (Å²) in [5.74, 6) is 0.217. The Bertz CT molecular complexity index is 856. The van der Waals surface area contributed by atoms with Gasteiger partial charge in [0, 0.05) is 16.8 Å². The Hall–Kier alpha value is -2.83. The SMILES string of the molecule is Cc1ccc(-c2nnc(-c3cccc(C(F)(F)F)c3)o2)cc1N. The van der Waals surface area contributed by atoms with Gasteiger partial charge < -0.3 is 10.2 Å². The number of halogens is 3. The first-order chi connectivity index (χ1) is 10.8. The van der Waals surface area contributed by atoms with Crippen molar-refractivity contribution < 1.29 is 17.6 Å². The van der Waals surface area contributed by atoms with E-state index in [-0.39, 0.29) is 17.3 Å². The first-order valence-corrected chi connectivity index (χ1v) is 6.72. The summed E-state index contributed by atoms with van der Waals surface area (Å²) in [6, 6.07) is 9.98. The van der Waals surface area contributed by atoms with E-state index in [0.29, 0.717) is 11.3 Å². The van der Waals surface area contributed by atoms with Crippen molar-refractivity contribution >= 4 is 5.69 Å². The molecular weight excluding hydrogens is 307 g/mol. The lowest BCUT2D eigenvalue weighted by Crippen LogP contribution is -2.04. The van der Waals surface area contributed by atoms with Crippen molar-refractivity contribution in [1.29, 1.82) is 0 Å². The summed E-state index contributed by atoms with van der Waals surface area (Å²) < 4.78 is 43.7. The molecule has 0 amide bonds. The van der Waals surface area contributed by atoms with Crippen LogP contribution in [0.25, 0.3) is 22.9 Å². The van der Waals surface area contributed by atoms with Gasteiger partial charge in [-0.25, -0.2) is 0 Å². The molecule has 0 fully saturated rings. The lowest BCUT2D eigenvalue weighted by Gasteiger charge is -2.06. The fourth-order valence-electron chi connectivity index (χ4n) is 2.06. The Labute approximate surface area is 129 Å². The average molecular weight is 319 g/mol. The second-order valence-corrected chi connectivity index (χ2v) is 5.06. The molecule has 0 saturated heterocycles. The van der Waals surface area contributed by atoms with Crippen LogP contribution in [-0.4, -0.2) is 10.2 Å². The molecular formula is C16H12F3N3O. The van der Waals surface area contributed by atoms with Gasteiger partial charge in [-0.1, -0.05) is 12.1 Å². The summed E-state index contributed by atoms with van der Waals surface area (Å²) in [4.78, 5) is 0. The molecule has 2 aromatic carbocycles. The summed E-state index contributed by atoms with van der Waals surface area (Å²) in [5, 5.41) is 7.69. The van der Waals surface area contributed by atoms with E-state index in [1.54, 1.807) is 18.2 Å². The van der Waals surface area contributed by atoms with Crippen molar-refractivity contribution in [3.05, 3.63) is 53.6 Å². The lowest BCUT2D eigenvalue weighted by atomic mass is 10.1. The van der Waals surface area contributed by atoms with Gasteiger partial charge in [0.15, 0.2) is 0 Å². The molecule has 23 heavy (non-hydrogen) atoms. The fourth-order valence-corrected chi connectivity index (χ4v) is 2.06. The van der Waals surface area contributed by atoms with Crippen LogP contribution in [0.1, 0.15) is 11.1 Å². The fraction of sp³-hybridized carbons (Fsp3) is 0.125. The van der Waals surface area contributed by atoms with Crippen molar-refractivity contribution in [3.63, 3.8) is 0 Å². The Balaban J connectivity index is 1.97. The van der Waals surface area contributed by atoms with Gasteiger partial charge in [0.2, 0.25) is 11.8 Å². The number of rotatable bonds is 2. The molecule has 0 unspecified atom stereocenters. The molecule has 118 valence electrons. The van der Waals surface area contributed by atoms with E-state index >= 15 is 0 Å². The Morgan fingerprint density at radius 2 is 1.61 bits per heavy atom. The largest absolute Gasteiger partial charge is 0.416 e. The molecule has 2 N–H and O–H groups in total. The number of hydrogen-bond acceptors (Lipinski definition) is 4. The Morgan fingerprint density at radius 1 is 0.957 bits per heavy atom. The van der Waals surface area contributed by atoms with Gasteiger partial charge >= 0.3 is 6.18 Å². The predicted molar refractivity (Wildman–Crippen MR) is 79.3 cm³/mol. The number of nitrogens with two attached hydrogens (primary N) is 1. The molecule has 0 aliphatic carbocycles. The number of aromatic nitrogens is 2. The first kappa shape index (κ1) is 15.1. The molecule has 3 rings (SSSR count). The number of nitrogen functional groups attached to an aromatic ring is 1. The summed E-state index contributed by atoms with van der Waals surface area (Å²) >= 11 is 0. The number of nitrogens with zero attached hydrogens (tertiary/aromatic N) is 2. The molecule has 0 spiro atoms. The minimum absolute atomic E-state index is 0.0187. The molecule has 1 aromatic heterocycles. The van der Waals surface area contributed by atoms with Gasteiger partial charge in [0.05, 0.1) is 5.56 Å². The molecule has 7 heteroatoms. The van der Waals surface area contributed by atoms with Crippen LogP contribution in [0.5, 0.6) is 0 Å². The molecule has 0 saturated carbocycles. The molecule has 1 heterocycles. The molecule has 3 aromatic rings. The highest BCUT2D eigenvalue weighted by molar-refractivity contribution is 5.64. The van der Waals surface area contributed by atoms with Crippen LogP contribution >= 0.6 is 0 Å². The zero-order chi connectivity index (χ0) is 16.6. The van der Waals surface area contributed by atoms with Crippen LogP contribution in [0.15, 0.2) is 46.9 Å². The van der Waals surface area contributed by atoms with Gasteiger partial charge in [-0.3, -0.25) is 0 Å². The minimum Gasteiger partial charge on any atom is -0.416 e. The summed E-state index contributed by atoms with van der Waals surface area (Å²) in [7, 11) is 0. The molecule has 0 bridgehead atoms. The summed E-state index contributed by atoms with van der Waals surface area (Å²) in [6.45, 7) is 1.86. The van der Waals surface area contributed by atoms with E-state index in [9.17, 15) is 13.2 Å². The molecule has 4 nitrogen and oxygen atoms in total. The van der Waals surface area contributed by atoms with Crippen LogP contribution in [0.4, 0.5) is 18.9 Å².